The summed E-state index contributed by atoms with van der Waals surface area (Å²) in [4.78, 5) is 4.15. The summed E-state index contributed by atoms with van der Waals surface area (Å²) in [6.07, 6.45) is 1.70. The first-order valence-corrected chi connectivity index (χ1v) is 14.5. The van der Waals surface area contributed by atoms with Crippen LogP contribution >= 0.6 is 0 Å². The van der Waals surface area contributed by atoms with E-state index in [1.165, 1.54) is 44.2 Å². The number of nitrogens with zero attached hydrogens (tertiary/aromatic N) is 2. The molecule has 0 bridgehead atoms. The van der Waals surface area contributed by atoms with Gasteiger partial charge in [0.05, 0.1) is 5.41 Å². The van der Waals surface area contributed by atoms with Crippen molar-refractivity contribution in [1.29, 1.82) is 5.26 Å². The largest absolute Gasteiger partial charge is 0.246 e. The predicted molar refractivity (Wildman–Crippen MR) is 175 cm³/mol. The second kappa shape index (κ2) is 9.94. The van der Waals surface area contributed by atoms with Gasteiger partial charge < -0.3 is 0 Å². The molecule has 1 aromatic heterocycles. The minimum absolute atomic E-state index is 0.419. The van der Waals surface area contributed by atoms with Gasteiger partial charge in [-0.2, -0.15) is 5.26 Å². The lowest BCUT2D eigenvalue weighted by molar-refractivity contribution is 0.769. The van der Waals surface area contributed by atoms with E-state index >= 15 is 0 Å². The van der Waals surface area contributed by atoms with Crippen molar-refractivity contribution in [3.8, 4) is 39.4 Å². The third-order valence-corrected chi connectivity index (χ3v) is 8.84. The second-order valence-corrected chi connectivity index (χ2v) is 11.1. The lowest BCUT2D eigenvalue weighted by Gasteiger charge is -2.34. The highest BCUT2D eigenvalue weighted by Gasteiger charge is 2.46. The van der Waals surface area contributed by atoms with E-state index < -0.39 is 5.41 Å². The fourth-order valence-corrected chi connectivity index (χ4v) is 6.99. The van der Waals surface area contributed by atoms with E-state index in [2.05, 4.69) is 151 Å². The molecule has 1 aliphatic rings. The van der Waals surface area contributed by atoms with Gasteiger partial charge in [-0.1, -0.05) is 127 Å². The van der Waals surface area contributed by atoms with Gasteiger partial charge in [0.25, 0.3) is 0 Å². The number of hydrogen-bond acceptors (Lipinski definition) is 2. The second-order valence-electron chi connectivity index (χ2n) is 11.1. The smallest absolute Gasteiger partial charge is 0.141 e. The maximum atomic E-state index is 9.38. The average Bonchev–Trinajstić information content (AvgIpc) is 3.40. The molecule has 2 heteroatoms. The fraction of sp³-hybridized carbons (Fsp3) is 0.0244. The molecule has 0 saturated carbocycles. The van der Waals surface area contributed by atoms with Gasteiger partial charge in [-0.3, -0.25) is 0 Å². The minimum atomic E-state index is -0.442. The van der Waals surface area contributed by atoms with Gasteiger partial charge in [0, 0.05) is 6.20 Å². The van der Waals surface area contributed by atoms with Gasteiger partial charge in [-0.25, -0.2) is 4.98 Å². The third kappa shape index (κ3) is 3.83. The van der Waals surface area contributed by atoms with Crippen LogP contribution in [0.3, 0.4) is 0 Å². The predicted octanol–water partition coefficient (Wildman–Crippen LogP) is 9.80. The summed E-state index contributed by atoms with van der Waals surface area (Å²) < 4.78 is 0. The number of pyridine rings is 1. The molecule has 0 amide bonds. The minimum Gasteiger partial charge on any atom is -0.246 e. The van der Waals surface area contributed by atoms with Crippen LogP contribution in [0.1, 0.15) is 27.9 Å². The SMILES string of the molecule is N#Cc1cc(-c2cccc(-c3ccc4c(c3)-c3c(ccc5ccccc35)C4(c3ccccc3)c3ccccc3)c2)ccn1. The molecule has 0 unspecified atom stereocenters. The molecule has 0 atom stereocenters. The van der Waals surface area contributed by atoms with Crippen molar-refractivity contribution in [3.63, 3.8) is 0 Å². The van der Waals surface area contributed by atoms with E-state index in [1.807, 2.05) is 12.1 Å². The Kier molecular flexibility index (Phi) is 5.77. The van der Waals surface area contributed by atoms with Gasteiger partial charge in [-0.15, -0.1) is 0 Å². The van der Waals surface area contributed by atoms with Crippen LogP contribution in [0.25, 0.3) is 44.2 Å². The first-order chi connectivity index (χ1) is 21.3. The first kappa shape index (κ1) is 25.0. The zero-order valence-corrected chi connectivity index (χ0v) is 23.4. The van der Waals surface area contributed by atoms with Crippen molar-refractivity contribution < 1.29 is 0 Å². The van der Waals surface area contributed by atoms with Crippen molar-refractivity contribution in [2.75, 3.05) is 0 Å². The van der Waals surface area contributed by atoms with Crippen LogP contribution in [-0.4, -0.2) is 4.98 Å². The highest BCUT2D eigenvalue weighted by molar-refractivity contribution is 6.04. The van der Waals surface area contributed by atoms with Crippen LogP contribution in [0.5, 0.6) is 0 Å². The Balaban J connectivity index is 1.41. The van der Waals surface area contributed by atoms with Gasteiger partial charge in [-0.05, 0) is 90.7 Å². The van der Waals surface area contributed by atoms with Crippen LogP contribution in [0.15, 0.2) is 158 Å². The number of aromatic nitrogens is 1. The molecule has 43 heavy (non-hydrogen) atoms. The zero-order chi connectivity index (χ0) is 28.8. The molecule has 0 spiro atoms. The summed E-state index contributed by atoms with van der Waals surface area (Å²) >= 11 is 0. The number of benzene rings is 6. The Morgan fingerprint density at radius 1 is 0.512 bits per heavy atom. The summed E-state index contributed by atoms with van der Waals surface area (Å²) in [7, 11) is 0. The van der Waals surface area contributed by atoms with Crippen molar-refractivity contribution in [2.45, 2.75) is 5.41 Å². The Morgan fingerprint density at radius 2 is 1.14 bits per heavy atom. The number of hydrogen-bond donors (Lipinski definition) is 0. The molecule has 8 rings (SSSR count). The Morgan fingerprint density at radius 3 is 1.86 bits per heavy atom. The van der Waals surface area contributed by atoms with Crippen LogP contribution < -0.4 is 0 Å². The summed E-state index contributed by atoms with van der Waals surface area (Å²) in [6, 6.07) is 56.7. The normalized spacial score (nSPS) is 12.8. The molecule has 0 fully saturated rings. The maximum Gasteiger partial charge on any atom is 0.141 e. The number of rotatable bonds is 4. The maximum absolute atomic E-state index is 9.38. The number of nitriles is 1. The van der Waals surface area contributed by atoms with Crippen molar-refractivity contribution in [2.24, 2.45) is 0 Å². The van der Waals surface area contributed by atoms with Crippen molar-refractivity contribution >= 4 is 10.8 Å². The number of fused-ring (bicyclic) bond motifs is 5. The van der Waals surface area contributed by atoms with Crippen LogP contribution in [0, 0.1) is 11.3 Å². The molecule has 0 N–H and O–H groups in total. The molecule has 0 saturated heterocycles. The van der Waals surface area contributed by atoms with Crippen molar-refractivity contribution in [1.82, 2.24) is 4.98 Å². The topological polar surface area (TPSA) is 36.7 Å². The highest BCUT2D eigenvalue weighted by Crippen LogP contribution is 2.58. The Bertz CT molecular complexity index is 2150. The quantitative estimate of drug-likeness (QED) is 0.220. The van der Waals surface area contributed by atoms with E-state index in [0.717, 1.165) is 22.3 Å². The first-order valence-electron chi connectivity index (χ1n) is 14.5. The lowest BCUT2D eigenvalue weighted by atomic mass is 9.67. The Hall–Kier alpha value is -5.78. The van der Waals surface area contributed by atoms with Gasteiger partial charge in [0.1, 0.15) is 11.8 Å². The molecule has 200 valence electrons. The summed E-state index contributed by atoms with van der Waals surface area (Å²) in [5.41, 5.74) is 12.0. The van der Waals surface area contributed by atoms with Gasteiger partial charge >= 0.3 is 0 Å². The molecular weight excluding hydrogens is 520 g/mol. The molecule has 2 nitrogen and oxygen atoms in total. The molecule has 1 aliphatic carbocycles. The summed E-state index contributed by atoms with van der Waals surface area (Å²) in [6.45, 7) is 0. The van der Waals surface area contributed by atoms with Gasteiger partial charge in [0.2, 0.25) is 0 Å². The molecule has 7 aromatic rings. The van der Waals surface area contributed by atoms with Crippen LogP contribution in [0.2, 0.25) is 0 Å². The molecule has 1 heterocycles. The standard InChI is InChI=1S/C41H26N2/c42-27-35-25-32(22-23-43-35)30-12-9-11-29(24-30)31-19-20-38-37(26-31)40-36-17-8-7-10-28(36)18-21-39(40)41(38,33-13-3-1-4-14-33)34-15-5-2-6-16-34/h1-26H. The summed E-state index contributed by atoms with van der Waals surface area (Å²) in [5, 5.41) is 11.9. The van der Waals surface area contributed by atoms with Crippen LogP contribution in [0.4, 0.5) is 0 Å². The lowest BCUT2D eigenvalue weighted by Crippen LogP contribution is -2.28. The third-order valence-electron chi connectivity index (χ3n) is 8.84. The van der Waals surface area contributed by atoms with Crippen LogP contribution in [-0.2, 0) is 5.41 Å². The average molecular weight is 547 g/mol. The molecule has 0 aliphatic heterocycles. The Labute approximate surface area is 251 Å². The van der Waals surface area contributed by atoms with E-state index in [-0.39, 0.29) is 0 Å². The van der Waals surface area contributed by atoms with E-state index in [9.17, 15) is 5.26 Å². The zero-order valence-electron chi connectivity index (χ0n) is 23.4. The highest BCUT2D eigenvalue weighted by atomic mass is 14.7. The fourth-order valence-electron chi connectivity index (χ4n) is 6.99. The molecule has 0 radical (unpaired) electrons. The molecular formula is C41H26N2. The van der Waals surface area contributed by atoms with Gasteiger partial charge in [0.15, 0.2) is 0 Å². The van der Waals surface area contributed by atoms with E-state index in [1.54, 1.807) is 6.20 Å². The monoisotopic (exact) mass is 546 g/mol. The van der Waals surface area contributed by atoms with E-state index in [0.29, 0.717) is 5.69 Å². The van der Waals surface area contributed by atoms with Crippen molar-refractivity contribution in [3.05, 3.63) is 186 Å². The molecule has 6 aromatic carbocycles. The van der Waals surface area contributed by atoms with E-state index in [4.69, 9.17) is 0 Å². The summed E-state index contributed by atoms with van der Waals surface area (Å²) in [5.74, 6) is 0.